The Balaban J connectivity index is 1.85. The van der Waals surface area contributed by atoms with Crippen LogP contribution in [-0.4, -0.2) is 37.2 Å². The summed E-state index contributed by atoms with van der Waals surface area (Å²) in [5.41, 5.74) is 0.700. The van der Waals surface area contributed by atoms with E-state index in [-0.39, 0.29) is 0 Å². The number of hydrogen-bond donors (Lipinski definition) is 0. The summed E-state index contributed by atoms with van der Waals surface area (Å²) < 4.78 is 5.44. The maximum Gasteiger partial charge on any atom is 0.0619 e. The fraction of sp³-hybridized carbons (Fsp3) is 1.00. The molecule has 13 heavy (non-hydrogen) atoms. The summed E-state index contributed by atoms with van der Waals surface area (Å²) in [6.07, 6.45) is 4.26. The first-order chi connectivity index (χ1) is 6.26. The number of nitrogens with zero attached hydrogens (tertiary/aromatic N) is 1. The lowest BCUT2D eigenvalue weighted by Gasteiger charge is -2.35. The van der Waals surface area contributed by atoms with Crippen molar-refractivity contribution in [1.29, 1.82) is 0 Å². The smallest absolute Gasteiger partial charge is 0.0619 e. The maximum absolute atomic E-state index is 5.44. The van der Waals surface area contributed by atoms with Crippen LogP contribution >= 0.6 is 0 Å². The Hall–Kier alpha value is -0.0800. The van der Waals surface area contributed by atoms with Crippen LogP contribution < -0.4 is 0 Å². The summed E-state index contributed by atoms with van der Waals surface area (Å²) in [5, 5.41) is 0. The molecule has 1 heterocycles. The van der Waals surface area contributed by atoms with Gasteiger partial charge in [-0.2, -0.15) is 0 Å². The first kappa shape index (κ1) is 9.47. The molecular weight excluding hydrogens is 162 g/mol. The summed E-state index contributed by atoms with van der Waals surface area (Å²) in [6, 6.07) is 0.637. The summed E-state index contributed by atoms with van der Waals surface area (Å²) in [4.78, 5) is 2.61. The molecule has 1 aliphatic heterocycles. The van der Waals surface area contributed by atoms with Crippen LogP contribution in [0, 0.1) is 5.41 Å². The molecule has 0 N–H and O–H groups in total. The van der Waals surface area contributed by atoms with Gasteiger partial charge in [0.15, 0.2) is 0 Å². The highest BCUT2D eigenvalue weighted by Crippen LogP contribution is 2.49. The highest BCUT2D eigenvalue weighted by molar-refractivity contribution is 4.95. The van der Waals surface area contributed by atoms with E-state index in [1.807, 2.05) is 0 Å². The van der Waals surface area contributed by atoms with Gasteiger partial charge in [0, 0.05) is 19.1 Å². The highest BCUT2D eigenvalue weighted by Gasteiger charge is 2.42. The molecule has 2 heteroatoms. The molecule has 1 aliphatic carbocycles. The Morgan fingerprint density at radius 1 is 1.46 bits per heavy atom. The van der Waals surface area contributed by atoms with Crippen LogP contribution in [0.25, 0.3) is 0 Å². The third-order valence-electron chi connectivity index (χ3n) is 3.75. The molecule has 0 amide bonds. The van der Waals surface area contributed by atoms with Crippen LogP contribution in [0.5, 0.6) is 0 Å². The zero-order valence-corrected chi connectivity index (χ0v) is 8.88. The normalized spacial score (nSPS) is 33.2. The fourth-order valence-corrected chi connectivity index (χ4v) is 2.23. The van der Waals surface area contributed by atoms with E-state index in [2.05, 4.69) is 18.7 Å². The standard InChI is InChI=1S/C11H21NO/c1-3-11(4-5-11)9-12-6-7-13-8-10(12)2/h10H,3-9H2,1-2H3/t10-/m1/s1. The van der Waals surface area contributed by atoms with Crippen molar-refractivity contribution in [1.82, 2.24) is 4.90 Å². The Bertz CT molecular complexity index is 177. The third-order valence-corrected chi connectivity index (χ3v) is 3.75. The van der Waals surface area contributed by atoms with Crippen LogP contribution in [0.15, 0.2) is 0 Å². The average molecular weight is 183 g/mol. The van der Waals surface area contributed by atoms with E-state index < -0.39 is 0 Å². The molecule has 0 aromatic carbocycles. The van der Waals surface area contributed by atoms with E-state index in [1.54, 1.807) is 0 Å². The van der Waals surface area contributed by atoms with E-state index in [0.717, 1.165) is 19.8 Å². The summed E-state index contributed by atoms with van der Waals surface area (Å²) >= 11 is 0. The van der Waals surface area contributed by atoms with E-state index in [0.29, 0.717) is 11.5 Å². The van der Waals surface area contributed by atoms with Gasteiger partial charge in [0.1, 0.15) is 0 Å². The topological polar surface area (TPSA) is 12.5 Å². The highest BCUT2D eigenvalue weighted by atomic mass is 16.5. The molecule has 76 valence electrons. The summed E-state index contributed by atoms with van der Waals surface area (Å²) in [7, 11) is 0. The predicted molar refractivity (Wildman–Crippen MR) is 53.8 cm³/mol. The zero-order valence-electron chi connectivity index (χ0n) is 8.88. The minimum Gasteiger partial charge on any atom is -0.379 e. The molecule has 2 aliphatic rings. The van der Waals surface area contributed by atoms with E-state index in [1.165, 1.54) is 25.8 Å². The van der Waals surface area contributed by atoms with Crippen molar-refractivity contribution in [3.8, 4) is 0 Å². The molecule has 2 nitrogen and oxygen atoms in total. The summed E-state index contributed by atoms with van der Waals surface area (Å²) in [5.74, 6) is 0. The Morgan fingerprint density at radius 2 is 2.23 bits per heavy atom. The number of ether oxygens (including phenoxy) is 1. The van der Waals surface area contributed by atoms with Crippen molar-refractivity contribution >= 4 is 0 Å². The predicted octanol–water partition coefficient (Wildman–Crippen LogP) is 1.90. The SMILES string of the molecule is CCC1(CN2CCOC[C@H]2C)CC1. The van der Waals surface area contributed by atoms with Gasteiger partial charge in [-0.1, -0.05) is 6.92 Å². The Morgan fingerprint density at radius 3 is 2.77 bits per heavy atom. The molecule has 1 saturated carbocycles. The van der Waals surface area contributed by atoms with Crippen LogP contribution in [0.2, 0.25) is 0 Å². The van der Waals surface area contributed by atoms with Gasteiger partial charge in [0.2, 0.25) is 0 Å². The van der Waals surface area contributed by atoms with Crippen molar-refractivity contribution in [2.24, 2.45) is 5.41 Å². The van der Waals surface area contributed by atoms with Crippen LogP contribution in [0.3, 0.4) is 0 Å². The van der Waals surface area contributed by atoms with Gasteiger partial charge >= 0.3 is 0 Å². The van der Waals surface area contributed by atoms with E-state index >= 15 is 0 Å². The summed E-state index contributed by atoms with van der Waals surface area (Å²) in [6.45, 7) is 8.93. The van der Waals surface area contributed by atoms with Crippen molar-refractivity contribution in [2.75, 3.05) is 26.3 Å². The molecule has 0 bridgehead atoms. The van der Waals surface area contributed by atoms with Gasteiger partial charge in [-0.15, -0.1) is 0 Å². The van der Waals surface area contributed by atoms with Gasteiger partial charge in [-0.3, -0.25) is 4.90 Å². The molecule has 2 rings (SSSR count). The molecule has 0 unspecified atom stereocenters. The Labute approximate surface area is 81.3 Å². The van der Waals surface area contributed by atoms with E-state index in [4.69, 9.17) is 4.74 Å². The minimum absolute atomic E-state index is 0.637. The van der Waals surface area contributed by atoms with Gasteiger partial charge in [0.05, 0.1) is 13.2 Å². The quantitative estimate of drug-likeness (QED) is 0.662. The number of hydrogen-bond acceptors (Lipinski definition) is 2. The molecule has 0 aromatic heterocycles. The van der Waals surface area contributed by atoms with Gasteiger partial charge < -0.3 is 4.74 Å². The third kappa shape index (κ3) is 2.05. The lowest BCUT2D eigenvalue weighted by Crippen LogP contribution is -2.46. The maximum atomic E-state index is 5.44. The van der Waals surface area contributed by atoms with Gasteiger partial charge in [-0.25, -0.2) is 0 Å². The molecule has 0 radical (unpaired) electrons. The number of morpholine rings is 1. The molecule has 2 fully saturated rings. The fourth-order valence-electron chi connectivity index (χ4n) is 2.23. The largest absolute Gasteiger partial charge is 0.379 e. The lowest BCUT2D eigenvalue weighted by molar-refractivity contribution is -0.00973. The number of rotatable bonds is 3. The van der Waals surface area contributed by atoms with Gasteiger partial charge in [0.25, 0.3) is 0 Å². The molecule has 1 saturated heterocycles. The average Bonchev–Trinajstić information content (AvgIpc) is 2.90. The van der Waals surface area contributed by atoms with Crippen LogP contribution in [0.4, 0.5) is 0 Å². The first-order valence-electron chi connectivity index (χ1n) is 5.57. The molecule has 0 spiro atoms. The van der Waals surface area contributed by atoms with Gasteiger partial charge in [-0.05, 0) is 31.6 Å². The molecule has 0 aromatic rings. The monoisotopic (exact) mass is 183 g/mol. The van der Waals surface area contributed by atoms with Crippen molar-refractivity contribution in [3.05, 3.63) is 0 Å². The molecular formula is C11H21NO. The van der Waals surface area contributed by atoms with E-state index in [9.17, 15) is 0 Å². The first-order valence-corrected chi connectivity index (χ1v) is 5.57. The molecule has 1 atom stereocenters. The van der Waals surface area contributed by atoms with Crippen molar-refractivity contribution < 1.29 is 4.74 Å². The van der Waals surface area contributed by atoms with Crippen LogP contribution in [0.1, 0.15) is 33.1 Å². The second kappa shape index (κ2) is 3.58. The van der Waals surface area contributed by atoms with Crippen molar-refractivity contribution in [2.45, 2.75) is 39.2 Å². The minimum atomic E-state index is 0.637. The second-order valence-electron chi connectivity index (χ2n) is 4.75. The zero-order chi connectivity index (χ0) is 9.31. The second-order valence-corrected chi connectivity index (χ2v) is 4.75. The lowest BCUT2D eigenvalue weighted by atomic mass is 10.0. The Kier molecular flexibility index (Phi) is 2.61. The van der Waals surface area contributed by atoms with Crippen molar-refractivity contribution in [3.63, 3.8) is 0 Å². The van der Waals surface area contributed by atoms with Crippen LogP contribution in [-0.2, 0) is 4.74 Å².